The van der Waals surface area contributed by atoms with Gasteiger partial charge in [0.2, 0.25) is 5.75 Å². The Bertz CT molecular complexity index is 386. The van der Waals surface area contributed by atoms with E-state index in [9.17, 15) is 0 Å². The van der Waals surface area contributed by atoms with Gasteiger partial charge in [-0.2, -0.15) is 4.98 Å². The molecule has 0 saturated heterocycles. The summed E-state index contributed by atoms with van der Waals surface area (Å²) in [6.45, 7) is 5.86. The number of aromatic nitrogens is 2. The molecule has 0 bridgehead atoms. The number of methoxy groups -OCH3 is 1. The van der Waals surface area contributed by atoms with Crippen molar-refractivity contribution in [2.75, 3.05) is 25.6 Å². The molecule has 0 amide bonds. The zero-order valence-electron chi connectivity index (χ0n) is 13.7. The summed E-state index contributed by atoms with van der Waals surface area (Å²) in [5.41, 5.74) is 0. The van der Waals surface area contributed by atoms with Crippen molar-refractivity contribution in [3.8, 4) is 11.6 Å². The average Bonchev–Trinajstić information content (AvgIpc) is 2.52. The minimum atomic E-state index is 0.527. The molecule has 5 nitrogen and oxygen atoms in total. The summed E-state index contributed by atoms with van der Waals surface area (Å²) < 4.78 is 11.1. The summed E-state index contributed by atoms with van der Waals surface area (Å²) in [5.74, 6) is 1.82. The van der Waals surface area contributed by atoms with E-state index in [4.69, 9.17) is 9.47 Å². The fourth-order valence-corrected chi connectivity index (χ4v) is 2.06. The van der Waals surface area contributed by atoms with Crippen LogP contribution in [0.15, 0.2) is 6.33 Å². The van der Waals surface area contributed by atoms with Gasteiger partial charge in [0.25, 0.3) is 5.88 Å². The van der Waals surface area contributed by atoms with E-state index in [2.05, 4.69) is 29.1 Å². The van der Waals surface area contributed by atoms with Crippen LogP contribution in [0.2, 0.25) is 0 Å². The van der Waals surface area contributed by atoms with Gasteiger partial charge in [-0.15, -0.1) is 0 Å². The molecule has 0 aliphatic heterocycles. The Hall–Kier alpha value is -1.52. The molecule has 1 heterocycles. The maximum atomic E-state index is 5.74. The average molecular weight is 295 g/mol. The van der Waals surface area contributed by atoms with E-state index >= 15 is 0 Å². The van der Waals surface area contributed by atoms with Crippen LogP contribution in [0.5, 0.6) is 11.6 Å². The van der Waals surface area contributed by atoms with Gasteiger partial charge in [0.05, 0.1) is 13.7 Å². The lowest BCUT2D eigenvalue weighted by molar-refractivity contribution is 0.273. The molecule has 0 atom stereocenters. The monoisotopic (exact) mass is 295 g/mol. The standard InChI is InChI=1S/C16H29N3O2/c1-4-6-7-8-9-10-12-21-16-14(20-3)15(17-11-5-2)18-13-19-16/h13H,4-12H2,1-3H3,(H,17,18,19). The number of ether oxygens (including phenoxy) is 2. The summed E-state index contributed by atoms with van der Waals surface area (Å²) in [7, 11) is 1.62. The van der Waals surface area contributed by atoms with Crippen molar-refractivity contribution in [3.05, 3.63) is 6.33 Å². The van der Waals surface area contributed by atoms with Crippen LogP contribution in [-0.2, 0) is 0 Å². The van der Waals surface area contributed by atoms with Crippen LogP contribution in [-0.4, -0.2) is 30.2 Å². The Kier molecular flexibility index (Phi) is 9.33. The van der Waals surface area contributed by atoms with Gasteiger partial charge < -0.3 is 14.8 Å². The van der Waals surface area contributed by atoms with Gasteiger partial charge in [-0.05, 0) is 12.8 Å². The third-order valence-corrected chi connectivity index (χ3v) is 3.25. The molecule has 1 aromatic rings. The molecule has 120 valence electrons. The zero-order valence-corrected chi connectivity index (χ0v) is 13.7. The van der Waals surface area contributed by atoms with Gasteiger partial charge >= 0.3 is 0 Å². The van der Waals surface area contributed by atoms with E-state index in [0.29, 0.717) is 24.1 Å². The number of hydrogen-bond donors (Lipinski definition) is 1. The number of unbranched alkanes of at least 4 members (excludes halogenated alkanes) is 5. The quantitative estimate of drug-likeness (QED) is 0.590. The number of anilines is 1. The Balaban J connectivity index is 2.39. The lowest BCUT2D eigenvalue weighted by Crippen LogP contribution is -2.07. The molecule has 0 spiro atoms. The van der Waals surface area contributed by atoms with Crippen LogP contribution in [0, 0.1) is 0 Å². The second-order valence-corrected chi connectivity index (χ2v) is 5.10. The number of nitrogens with one attached hydrogen (secondary N) is 1. The topological polar surface area (TPSA) is 56.3 Å². The summed E-state index contributed by atoms with van der Waals surface area (Å²) in [6, 6.07) is 0. The van der Waals surface area contributed by atoms with Crippen molar-refractivity contribution < 1.29 is 9.47 Å². The lowest BCUT2D eigenvalue weighted by atomic mass is 10.1. The minimum Gasteiger partial charge on any atom is -0.489 e. The van der Waals surface area contributed by atoms with Crippen LogP contribution in [0.25, 0.3) is 0 Å². The fraction of sp³-hybridized carbons (Fsp3) is 0.750. The molecule has 0 aliphatic carbocycles. The Morgan fingerprint density at radius 2 is 1.76 bits per heavy atom. The Morgan fingerprint density at radius 1 is 1.00 bits per heavy atom. The summed E-state index contributed by atoms with van der Waals surface area (Å²) in [6.07, 6.45) is 10.00. The fourth-order valence-electron chi connectivity index (χ4n) is 2.06. The smallest absolute Gasteiger partial charge is 0.262 e. The van der Waals surface area contributed by atoms with Crippen LogP contribution in [0.1, 0.15) is 58.8 Å². The number of nitrogens with zero attached hydrogens (tertiary/aromatic N) is 2. The van der Waals surface area contributed by atoms with Gasteiger partial charge in [-0.25, -0.2) is 4.98 Å². The first-order chi connectivity index (χ1) is 10.3. The molecule has 0 unspecified atom stereocenters. The van der Waals surface area contributed by atoms with Gasteiger partial charge in [0.15, 0.2) is 5.82 Å². The molecule has 0 aliphatic rings. The van der Waals surface area contributed by atoms with E-state index in [1.54, 1.807) is 7.11 Å². The maximum absolute atomic E-state index is 5.74. The van der Waals surface area contributed by atoms with E-state index in [1.807, 2.05) is 0 Å². The molecule has 1 rings (SSSR count). The zero-order chi connectivity index (χ0) is 15.3. The molecule has 1 N–H and O–H groups in total. The summed E-state index contributed by atoms with van der Waals surface area (Å²) in [5, 5.41) is 3.22. The Labute approximate surface area is 128 Å². The number of hydrogen-bond acceptors (Lipinski definition) is 5. The molecule has 0 fully saturated rings. The van der Waals surface area contributed by atoms with E-state index < -0.39 is 0 Å². The lowest BCUT2D eigenvalue weighted by Gasteiger charge is -2.13. The first kappa shape index (κ1) is 17.5. The van der Waals surface area contributed by atoms with Crippen LogP contribution in [0.4, 0.5) is 5.82 Å². The highest BCUT2D eigenvalue weighted by atomic mass is 16.5. The van der Waals surface area contributed by atoms with Gasteiger partial charge in [0, 0.05) is 6.54 Å². The normalized spacial score (nSPS) is 10.4. The highest BCUT2D eigenvalue weighted by Gasteiger charge is 2.12. The molecule has 0 radical (unpaired) electrons. The highest BCUT2D eigenvalue weighted by Crippen LogP contribution is 2.30. The third kappa shape index (κ3) is 6.65. The van der Waals surface area contributed by atoms with Crippen molar-refractivity contribution >= 4 is 5.82 Å². The van der Waals surface area contributed by atoms with Crippen molar-refractivity contribution in [2.24, 2.45) is 0 Å². The molecule has 0 aromatic carbocycles. The largest absolute Gasteiger partial charge is 0.489 e. The highest BCUT2D eigenvalue weighted by molar-refractivity contribution is 5.54. The van der Waals surface area contributed by atoms with Crippen molar-refractivity contribution in [1.82, 2.24) is 9.97 Å². The predicted molar refractivity (Wildman–Crippen MR) is 86.2 cm³/mol. The second kappa shape index (κ2) is 11.2. The van der Waals surface area contributed by atoms with Gasteiger partial charge in [-0.1, -0.05) is 46.0 Å². The predicted octanol–water partition coefficient (Wildman–Crippen LogP) is 4.05. The molecule has 0 saturated carbocycles. The van der Waals surface area contributed by atoms with Crippen LogP contribution >= 0.6 is 0 Å². The van der Waals surface area contributed by atoms with Crippen LogP contribution in [0.3, 0.4) is 0 Å². The SMILES string of the molecule is CCCCCCCCOc1ncnc(NCCC)c1OC. The van der Waals surface area contributed by atoms with Crippen LogP contribution < -0.4 is 14.8 Å². The first-order valence-electron chi connectivity index (χ1n) is 8.09. The second-order valence-electron chi connectivity index (χ2n) is 5.10. The van der Waals surface area contributed by atoms with Crippen molar-refractivity contribution in [1.29, 1.82) is 0 Å². The minimum absolute atomic E-state index is 0.527. The van der Waals surface area contributed by atoms with E-state index in [-0.39, 0.29) is 0 Å². The van der Waals surface area contributed by atoms with Gasteiger partial charge in [0.1, 0.15) is 6.33 Å². The third-order valence-electron chi connectivity index (χ3n) is 3.25. The Morgan fingerprint density at radius 3 is 2.48 bits per heavy atom. The first-order valence-corrected chi connectivity index (χ1v) is 8.09. The maximum Gasteiger partial charge on any atom is 0.262 e. The van der Waals surface area contributed by atoms with Gasteiger partial charge in [-0.3, -0.25) is 0 Å². The van der Waals surface area contributed by atoms with E-state index in [0.717, 1.165) is 19.4 Å². The molecular weight excluding hydrogens is 266 g/mol. The van der Waals surface area contributed by atoms with Crippen molar-refractivity contribution in [3.63, 3.8) is 0 Å². The number of rotatable bonds is 12. The molecular formula is C16H29N3O2. The van der Waals surface area contributed by atoms with E-state index in [1.165, 1.54) is 38.4 Å². The molecule has 5 heteroatoms. The van der Waals surface area contributed by atoms with Crippen molar-refractivity contribution in [2.45, 2.75) is 58.8 Å². The molecule has 21 heavy (non-hydrogen) atoms. The molecule has 1 aromatic heterocycles. The summed E-state index contributed by atoms with van der Waals surface area (Å²) in [4.78, 5) is 8.37. The summed E-state index contributed by atoms with van der Waals surface area (Å²) >= 11 is 0.